The van der Waals surface area contributed by atoms with Crippen LogP contribution in [-0.4, -0.2) is 58.6 Å². The number of phenolic OH excluding ortho intramolecular Hbond substituents is 2. The van der Waals surface area contributed by atoms with E-state index in [1.54, 1.807) is 36.4 Å². The highest BCUT2D eigenvalue weighted by Gasteiger charge is 2.21. The molecular weight excluding hydrogens is 809 g/mol. The molecule has 0 aliphatic rings. The minimum Gasteiger partial charge on any atom is -0.504 e. The molecule has 13 nitrogen and oxygen atoms in total. The van der Waals surface area contributed by atoms with E-state index in [0.717, 1.165) is 0 Å². The Labute approximate surface area is 346 Å². The number of sulfonamides is 2. The molecule has 6 aromatic carbocycles. The van der Waals surface area contributed by atoms with Crippen molar-refractivity contribution in [2.24, 2.45) is 0 Å². The van der Waals surface area contributed by atoms with Gasteiger partial charge in [0.15, 0.2) is 40.3 Å². The molecule has 0 heterocycles. The SMILES string of the molecule is COc1cc(/C=C/C(=O)c2ccc(NS(=O)(=O)c3cccc(C(=O)c4cccc(S(=O)(=O)Nc5ccc(C(=O)/C=C/c6ccc(O)c(OC)c6)cc5)c4)c3)cc2)ccc1O. The minimum absolute atomic E-state index is 0.0155. The fourth-order valence-electron chi connectivity index (χ4n) is 5.74. The van der Waals surface area contributed by atoms with Gasteiger partial charge in [-0.2, -0.15) is 0 Å². The number of hydrogen-bond donors (Lipinski definition) is 4. The van der Waals surface area contributed by atoms with E-state index < -0.39 is 25.8 Å². The standard InChI is InChI=1S/C45H36N2O11S2/c1-57-43-25-29(11-23-41(43)50)9-21-39(48)31-13-17-35(18-14-31)46-59(53,54)37-7-3-5-33(27-37)45(52)34-6-4-8-38(28-34)60(55,56)47-36-19-15-32(16-20-36)40(49)22-10-30-12-24-42(51)44(26-30)58-2/h3-28,46-47,50-51H,1-2H3/b21-9+,22-10+. The van der Waals surface area contributed by atoms with Gasteiger partial charge in [-0.15, -0.1) is 0 Å². The first kappa shape index (κ1) is 42.1. The lowest BCUT2D eigenvalue weighted by molar-refractivity contribution is 0.103. The first-order chi connectivity index (χ1) is 28.6. The van der Waals surface area contributed by atoms with Crippen LogP contribution in [0, 0.1) is 0 Å². The third-order valence-electron chi connectivity index (χ3n) is 8.92. The van der Waals surface area contributed by atoms with Crippen molar-refractivity contribution in [3.63, 3.8) is 0 Å². The maximum absolute atomic E-state index is 13.6. The van der Waals surface area contributed by atoms with Crippen LogP contribution in [0.25, 0.3) is 12.2 Å². The van der Waals surface area contributed by atoms with E-state index in [1.165, 1.54) is 136 Å². The Balaban J connectivity index is 1.09. The van der Waals surface area contributed by atoms with Crippen LogP contribution in [0.1, 0.15) is 47.8 Å². The lowest BCUT2D eigenvalue weighted by atomic mass is 10.0. The zero-order valence-corrected chi connectivity index (χ0v) is 33.5. The number of allylic oxidation sites excluding steroid dienone is 2. The van der Waals surface area contributed by atoms with E-state index in [1.807, 2.05) is 0 Å². The van der Waals surface area contributed by atoms with E-state index in [0.29, 0.717) is 11.1 Å². The molecule has 0 aliphatic carbocycles. The Bertz CT molecular complexity index is 2690. The predicted octanol–water partition coefficient (Wildman–Crippen LogP) is 7.74. The first-order valence-corrected chi connectivity index (χ1v) is 20.8. The molecule has 15 heteroatoms. The molecule has 0 radical (unpaired) electrons. The summed E-state index contributed by atoms with van der Waals surface area (Å²) in [6.45, 7) is 0. The van der Waals surface area contributed by atoms with E-state index in [2.05, 4.69) is 9.44 Å². The summed E-state index contributed by atoms with van der Waals surface area (Å²) >= 11 is 0. The van der Waals surface area contributed by atoms with Gasteiger partial charge in [0, 0.05) is 33.6 Å². The third kappa shape index (κ3) is 10.1. The Kier molecular flexibility index (Phi) is 12.6. The van der Waals surface area contributed by atoms with Crippen LogP contribution >= 0.6 is 0 Å². The molecule has 4 N–H and O–H groups in total. The molecule has 0 atom stereocenters. The second kappa shape index (κ2) is 18.0. The monoisotopic (exact) mass is 844 g/mol. The summed E-state index contributed by atoms with van der Waals surface area (Å²) in [6.07, 6.45) is 5.76. The zero-order valence-electron chi connectivity index (χ0n) is 31.9. The number of anilines is 2. The number of phenols is 2. The van der Waals surface area contributed by atoms with Crippen molar-refractivity contribution in [2.45, 2.75) is 9.79 Å². The number of methoxy groups -OCH3 is 2. The molecule has 0 aliphatic heterocycles. The molecule has 6 rings (SSSR count). The molecule has 0 saturated heterocycles. The molecule has 304 valence electrons. The third-order valence-corrected chi connectivity index (χ3v) is 11.7. The number of hydrogen-bond acceptors (Lipinski definition) is 11. The highest BCUT2D eigenvalue weighted by atomic mass is 32.2. The molecule has 60 heavy (non-hydrogen) atoms. The normalized spacial score (nSPS) is 11.6. The van der Waals surface area contributed by atoms with Crippen LogP contribution in [0.3, 0.4) is 0 Å². The number of carbonyl (C=O) groups excluding carboxylic acids is 3. The highest BCUT2D eigenvalue weighted by Crippen LogP contribution is 2.28. The first-order valence-electron chi connectivity index (χ1n) is 17.9. The predicted molar refractivity (Wildman–Crippen MR) is 227 cm³/mol. The van der Waals surface area contributed by atoms with Crippen molar-refractivity contribution in [3.8, 4) is 23.0 Å². The van der Waals surface area contributed by atoms with Crippen molar-refractivity contribution in [1.29, 1.82) is 0 Å². The lowest BCUT2D eigenvalue weighted by Crippen LogP contribution is -2.15. The molecule has 0 bridgehead atoms. The Hall–Kier alpha value is -7.49. The molecule has 6 aromatic rings. The summed E-state index contributed by atoms with van der Waals surface area (Å²) in [5.41, 5.74) is 2.10. The van der Waals surface area contributed by atoms with Gasteiger partial charge in [-0.05, 0) is 120 Å². The Morgan fingerprint density at radius 3 is 1.25 bits per heavy atom. The van der Waals surface area contributed by atoms with Gasteiger partial charge in [-0.1, -0.05) is 48.6 Å². The molecule has 0 spiro atoms. The number of aromatic hydroxyl groups is 2. The van der Waals surface area contributed by atoms with Gasteiger partial charge in [0.2, 0.25) is 0 Å². The summed E-state index contributed by atoms with van der Waals surface area (Å²) in [5.74, 6) is -0.907. The van der Waals surface area contributed by atoms with Gasteiger partial charge in [0.1, 0.15) is 0 Å². The zero-order chi connectivity index (χ0) is 43.0. The van der Waals surface area contributed by atoms with Gasteiger partial charge in [-0.3, -0.25) is 23.8 Å². The van der Waals surface area contributed by atoms with Gasteiger partial charge >= 0.3 is 0 Å². The summed E-state index contributed by atoms with van der Waals surface area (Å²) in [7, 11) is -5.61. The van der Waals surface area contributed by atoms with Crippen LogP contribution in [0.15, 0.2) is 155 Å². The summed E-state index contributed by atoms with van der Waals surface area (Å²) in [6, 6.07) is 31.2. The summed E-state index contributed by atoms with van der Waals surface area (Å²) in [5, 5.41) is 19.5. The smallest absolute Gasteiger partial charge is 0.261 e. The molecular formula is C45H36N2O11S2. The lowest BCUT2D eigenvalue weighted by Gasteiger charge is -2.11. The average molecular weight is 845 g/mol. The van der Waals surface area contributed by atoms with Crippen LogP contribution in [0.2, 0.25) is 0 Å². The van der Waals surface area contributed by atoms with E-state index in [9.17, 15) is 41.4 Å². The number of benzene rings is 6. The fourth-order valence-corrected chi connectivity index (χ4v) is 7.95. The number of ketones is 3. The largest absolute Gasteiger partial charge is 0.504 e. The Morgan fingerprint density at radius 2 is 0.883 bits per heavy atom. The second-order valence-electron chi connectivity index (χ2n) is 13.0. The quantitative estimate of drug-likeness (QED) is 0.0548. The summed E-state index contributed by atoms with van der Waals surface area (Å²) in [4.78, 5) is 38.6. The second-order valence-corrected chi connectivity index (χ2v) is 16.4. The molecule has 0 aromatic heterocycles. The summed E-state index contributed by atoms with van der Waals surface area (Å²) < 4.78 is 68.5. The maximum atomic E-state index is 13.6. The van der Waals surface area contributed by atoms with E-state index in [-0.39, 0.29) is 78.0 Å². The van der Waals surface area contributed by atoms with Gasteiger partial charge in [-0.25, -0.2) is 16.8 Å². The number of ether oxygens (including phenoxy) is 2. The van der Waals surface area contributed by atoms with Gasteiger partial charge in [0.05, 0.1) is 24.0 Å². The van der Waals surface area contributed by atoms with Crippen molar-refractivity contribution in [1.82, 2.24) is 0 Å². The van der Waals surface area contributed by atoms with Crippen LogP contribution in [0.5, 0.6) is 23.0 Å². The highest BCUT2D eigenvalue weighted by molar-refractivity contribution is 7.93. The van der Waals surface area contributed by atoms with Gasteiger partial charge < -0.3 is 19.7 Å². The molecule has 0 saturated carbocycles. The minimum atomic E-state index is -4.21. The van der Waals surface area contributed by atoms with Crippen LogP contribution in [-0.2, 0) is 20.0 Å². The molecule has 0 unspecified atom stereocenters. The molecule has 0 amide bonds. The molecule has 0 fully saturated rings. The topological polar surface area (TPSA) is 202 Å². The van der Waals surface area contributed by atoms with Crippen LogP contribution < -0.4 is 18.9 Å². The van der Waals surface area contributed by atoms with Crippen molar-refractivity contribution >= 4 is 60.9 Å². The maximum Gasteiger partial charge on any atom is 0.261 e. The fraction of sp³-hybridized carbons (Fsp3) is 0.0444. The van der Waals surface area contributed by atoms with E-state index >= 15 is 0 Å². The van der Waals surface area contributed by atoms with Crippen molar-refractivity contribution in [2.75, 3.05) is 23.7 Å². The number of carbonyl (C=O) groups is 3. The van der Waals surface area contributed by atoms with Crippen LogP contribution in [0.4, 0.5) is 11.4 Å². The van der Waals surface area contributed by atoms with Crippen molar-refractivity contribution < 1.29 is 50.9 Å². The van der Waals surface area contributed by atoms with Gasteiger partial charge in [0.25, 0.3) is 20.0 Å². The average Bonchev–Trinajstić information content (AvgIpc) is 3.25. The Morgan fingerprint density at radius 1 is 0.500 bits per heavy atom. The number of nitrogens with one attached hydrogen (secondary N) is 2. The number of rotatable bonds is 16. The van der Waals surface area contributed by atoms with Crippen molar-refractivity contribution in [3.05, 3.63) is 179 Å². The van der Waals surface area contributed by atoms with E-state index in [4.69, 9.17) is 9.47 Å².